The van der Waals surface area contributed by atoms with Gasteiger partial charge in [0.1, 0.15) is 12.0 Å². The number of nitrogens with two attached hydrogens (primary N) is 1. The molecule has 2 aromatic rings. The van der Waals surface area contributed by atoms with Crippen LogP contribution in [0.5, 0.6) is 0 Å². The Morgan fingerprint density at radius 2 is 2.05 bits per heavy atom. The van der Waals surface area contributed by atoms with Crippen LogP contribution in [-0.2, 0) is 6.54 Å². The van der Waals surface area contributed by atoms with Crippen LogP contribution in [0.15, 0.2) is 47.1 Å². The van der Waals surface area contributed by atoms with Crippen molar-refractivity contribution >= 4 is 5.91 Å². The second-order valence-electron chi connectivity index (χ2n) is 5.44. The lowest BCUT2D eigenvalue weighted by Gasteiger charge is -2.29. The van der Waals surface area contributed by atoms with Crippen LogP contribution in [0.2, 0.25) is 0 Å². The van der Waals surface area contributed by atoms with Gasteiger partial charge in [-0.1, -0.05) is 43.7 Å². The molecule has 0 aliphatic rings. The summed E-state index contributed by atoms with van der Waals surface area (Å²) in [5, 5.41) is 0. The molecule has 1 aromatic carbocycles. The van der Waals surface area contributed by atoms with Crippen molar-refractivity contribution in [3.63, 3.8) is 0 Å². The monoisotopic (exact) mass is 300 g/mol. The summed E-state index contributed by atoms with van der Waals surface area (Å²) in [5.41, 5.74) is 7.25. The van der Waals surface area contributed by atoms with Gasteiger partial charge in [0.05, 0.1) is 18.2 Å². The van der Waals surface area contributed by atoms with E-state index in [1.807, 2.05) is 23.1 Å². The fourth-order valence-corrected chi connectivity index (χ4v) is 2.48. The number of carbonyl (C=O) groups is 1. The van der Waals surface area contributed by atoms with Crippen LogP contribution in [0, 0.1) is 0 Å². The molecule has 0 aliphatic heterocycles. The molecule has 2 N–H and O–H groups in total. The van der Waals surface area contributed by atoms with Gasteiger partial charge < -0.3 is 15.1 Å². The van der Waals surface area contributed by atoms with Crippen molar-refractivity contribution in [3.8, 4) is 0 Å². The van der Waals surface area contributed by atoms with E-state index in [1.165, 1.54) is 6.26 Å². The molecule has 1 unspecified atom stereocenters. The Bertz CT molecular complexity index is 592. The van der Waals surface area contributed by atoms with Gasteiger partial charge in [0.2, 0.25) is 0 Å². The molecule has 0 saturated carbocycles. The van der Waals surface area contributed by atoms with Crippen LogP contribution in [-0.4, -0.2) is 17.4 Å². The van der Waals surface area contributed by atoms with E-state index in [1.54, 1.807) is 6.07 Å². The van der Waals surface area contributed by atoms with E-state index in [0.29, 0.717) is 17.9 Å². The minimum Gasteiger partial charge on any atom is -0.467 e. The highest BCUT2D eigenvalue weighted by Gasteiger charge is 2.23. The number of carbonyl (C=O) groups excluding carboxylic acids is 1. The van der Waals surface area contributed by atoms with Crippen LogP contribution >= 0.6 is 0 Å². The van der Waals surface area contributed by atoms with Crippen LogP contribution in [0.3, 0.4) is 0 Å². The molecule has 0 saturated heterocycles. The maximum Gasteiger partial charge on any atom is 0.257 e. The number of rotatable bonds is 7. The SMILES string of the molecule is CCCCN(C(=O)c1coc(CN)c1)C(C)c1ccccc1. The Labute approximate surface area is 131 Å². The number of amides is 1. The molecular weight excluding hydrogens is 276 g/mol. The molecule has 4 heteroatoms. The van der Waals surface area contributed by atoms with Crippen molar-refractivity contribution in [2.24, 2.45) is 5.73 Å². The van der Waals surface area contributed by atoms with Gasteiger partial charge in [0.15, 0.2) is 0 Å². The third-order valence-electron chi connectivity index (χ3n) is 3.86. The Hall–Kier alpha value is -2.07. The van der Waals surface area contributed by atoms with Gasteiger partial charge in [0.25, 0.3) is 5.91 Å². The number of hydrogen-bond donors (Lipinski definition) is 1. The van der Waals surface area contributed by atoms with Crippen LogP contribution in [0.25, 0.3) is 0 Å². The average molecular weight is 300 g/mol. The van der Waals surface area contributed by atoms with Crippen molar-refractivity contribution in [1.29, 1.82) is 0 Å². The second-order valence-corrected chi connectivity index (χ2v) is 5.44. The Balaban J connectivity index is 2.23. The summed E-state index contributed by atoms with van der Waals surface area (Å²) >= 11 is 0. The summed E-state index contributed by atoms with van der Waals surface area (Å²) < 4.78 is 5.30. The van der Waals surface area contributed by atoms with Gasteiger partial charge in [-0.3, -0.25) is 4.79 Å². The van der Waals surface area contributed by atoms with E-state index >= 15 is 0 Å². The lowest BCUT2D eigenvalue weighted by Crippen LogP contribution is -2.34. The molecule has 0 fully saturated rings. The third-order valence-corrected chi connectivity index (χ3v) is 3.86. The smallest absolute Gasteiger partial charge is 0.257 e. The van der Waals surface area contributed by atoms with Crippen LogP contribution < -0.4 is 5.73 Å². The molecule has 1 atom stereocenters. The van der Waals surface area contributed by atoms with Crippen molar-refractivity contribution in [1.82, 2.24) is 4.90 Å². The lowest BCUT2D eigenvalue weighted by atomic mass is 10.1. The van der Waals surface area contributed by atoms with E-state index in [4.69, 9.17) is 10.2 Å². The summed E-state index contributed by atoms with van der Waals surface area (Å²) in [6.45, 7) is 5.22. The minimum absolute atomic E-state index is 0.00625. The van der Waals surface area contributed by atoms with E-state index in [0.717, 1.165) is 24.9 Å². The molecule has 0 spiro atoms. The van der Waals surface area contributed by atoms with Gasteiger partial charge in [-0.25, -0.2) is 0 Å². The van der Waals surface area contributed by atoms with Crippen molar-refractivity contribution < 1.29 is 9.21 Å². The molecular formula is C18H24N2O2. The predicted octanol–water partition coefficient (Wildman–Crippen LogP) is 3.74. The van der Waals surface area contributed by atoms with Crippen molar-refractivity contribution in [3.05, 3.63) is 59.5 Å². The molecule has 1 amide bonds. The summed E-state index contributed by atoms with van der Waals surface area (Å²) in [4.78, 5) is 14.7. The predicted molar refractivity (Wildman–Crippen MR) is 87.4 cm³/mol. The highest BCUT2D eigenvalue weighted by atomic mass is 16.3. The first-order valence-corrected chi connectivity index (χ1v) is 7.80. The maximum atomic E-state index is 12.8. The maximum absolute atomic E-state index is 12.8. The molecule has 0 bridgehead atoms. The summed E-state index contributed by atoms with van der Waals surface area (Å²) in [6.07, 6.45) is 3.52. The van der Waals surface area contributed by atoms with E-state index in [-0.39, 0.29) is 11.9 Å². The molecule has 1 aromatic heterocycles. The number of benzene rings is 1. The number of unbranched alkanes of at least 4 members (excludes halogenated alkanes) is 1. The molecule has 4 nitrogen and oxygen atoms in total. The van der Waals surface area contributed by atoms with Gasteiger partial charge in [-0.15, -0.1) is 0 Å². The number of hydrogen-bond acceptors (Lipinski definition) is 3. The van der Waals surface area contributed by atoms with Gasteiger partial charge in [-0.05, 0) is 25.0 Å². The average Bonchev–Trinajstić information content (AvgIpc) is 3.04. The third kappa shape index (κ3) is 3.77. The fraction of sp³-hybridized carbons (Fsp3) is 0.389. The van der Waals surface area contributed by atoms with Crippen molar-refractivity contribution in [2.75, 3.05) is 6.54 Å². The molecule has 118 valence electrons. The zero-order valence-electron chi connectivity index (χ0n) is 13.3. The van der Waals surface area contributed by atoms with Crippen LogP contribution in [0.4, 0.5) is 0 Å². The molecule has 1 heterocycles. The Morgan fingerprint density at radius 3 is 2.64 bits per heavy atom. The quantitative estimate of drug-likeness (QED) is 0.847. The topological polar surface area (TPSA) is 59.5 Å². The molecule has 2 rings (SSSR count). The first kappa shape index (κ1) is 16.3. The highest BCUT2D eigenvalue weighted by molar-refractivity contribution is 5.94. The van der Waals surface area contributed by atoms with Gasteiger partial charge in [-0.2, -0.15) is 0 Å². The van der Waals surface area contributed by atoms with Gasteiger partial charge >= 0.3 is 0 Å². The number of nitrogens with zero attached hydrogens (tertiary/aromatic N) is 1. The molecule has 22 heavy (non-hydrogen) atoms. The standard InChI is InChI=1S/C18H24N2O2/c1-3-4-10-20(14(2)15-8-6-5-7-9-15)18(21)16-11-17(12-19)22-13-16/h5-9,11,13-14H,3-4,10,12,19H2,1-2H3. The Morgan fingerprint density at radius 1 is 1.32 bits per heavy atom. The van der Waals surface area contributed by atoms with E-state index < -0.39 is 0 Å². The number of furan rings is 1. The highest BCUT2D eigenvalue weighted by Crippen LogP contribution is 2.23. The summed E-state index contributed by atoms with van der Waals surface area (Å²) in [6, 6.07) is 11.8. The summed E-state index contributed by atoms with van der Waals surface area (Å²) in [5.74, 6) is 0.624. The minimum atomic E-state index is -0.00625. The first-order valence-electron chi connectivity index (χ1n) is 7.80. The Kier molecular flexibility index (Phi) is 5.78. The fourth-order valence-electron chi connectivity index (χ4n) is 2.48. The zero-order valence-corrected chi connectivity index (χ0v) is 13.3. The van der Waals surface area contributed by atoms with E-state index in [2.05, 4.69) is 26.0 Å². The molecule has 0 aliphatic carbocycles. The largest absolute Gasteiger partial charge is 0.467 e. The van der Waals surface area contributed by atoms with Crippen LogP contribution in [0.1, 0.15) is 54.4 Å². The van der Waals surface area contributed by atoms with Gasteiger partial charge in [0, 0.05) is 6.54 Å². The van der Waals surface area contributed by atoms with E-state index in [9.17, 15) is 4.79 Å². The normalized spacial score (nSPS) is 12.1. The van der Waals surface area contributed by atoms with Crippen molar-refractivity contribution in [2.45, 2.75) is 39.3 Å². The lowest BCUT2D eigenvalue weighted by molar-refractivity contribution is 0.0687. The summed E-state index contributed by atoms with van der Waals surface area (Å²) in [7, 11) is 0. The second kappa shape index (κ2) is 7.80. The first-order chi connectivity index (χ1) is 10.7. The zero-order chi connectivity index (χ0) is 15.9. The molecule has 0 radical (unpaired) electrons.